The van der Waals surface area contributed by atoms with E-state index >= 15 is 0 Å². The van der Waals surface area contributed by atoms with Crippen LogP contribution in [0.5, 0.6) is 0 Å². The highest BCUT2D eigenvalue weighted by Gasteiger charge is 2.23. The van der Waals surface area contributed by atoms with Crippen LogP contribution in [-0.4, -0.2) is 31.3 Å². The van der Waals surface area contributed by atoms with Gasteiger partial charge in [0.1, 0.15) is 6.04 Å². The fraction of sp³-hybridized carbons (Fsp3) is 0.556. The van der Waals surface area contributed by atoms with Gasteiger partial charge in [0.05, 0.1) is 13.2 Å². The molecule has 1 rings (SSSR count). The minimum absolute atomic E-state index is 0.352. The molecule has 0 heterocycles. The molecular formula is C18H27NO4. The molecule has 1 aromatic carbocycles. The molecule has 128 valence electrons. The first-order valence-corrected chi connectivity index (χ1v) is 8.31. The number of hydrogen-bond acceptors (Lipinski definition) is 4. The number of rotatable bonds is 10. The second kappa shape index (κ2) is 11.5. The molecule has 1 amide bonds. The summed E-state index contributed by atoms with van der Waals surface area (Å²) in [7, 11) is 0. The zero-order chi connectivity index (χ0) is 16.9. The Morgan fingerprint density at radius 2 is 1.61 bits per heavy atom. The largest absolute Gasteiger partial charge is 0.464 e. The van der Waals surface area contributed by atoms with Gasteiger partial charge in [-0.25, -0.2) is 9.59 Å². The van der Waals surface area contributed by atoms with Crippen LogP contribution in [0.4, 0.5) is 4.79 Å². The molecule has 0 aromatic heterocycles. The lowest BCUT2D eigenvalue weighted by molar-refractivity contribution is -0.146. The van der Waals surface area contributed by atoms with Crippen molar-refractivity contribution in [1.29, 1.82) is 0 Å². The Morgan fingerprint density at radius 1 is 1.00 bits per heavy atom. The van der Waals surface area contributed by atoms with Crippen molar-refractivity contribution in [2.75, 3.05) is 13.2 Å². The van der Waals surface area contributed by atoms with Crippen molar-refractivity contribution >= 4 is 12.1 Å². The van der Waals surface area contributed by atoms with Crippen LogP contribution in [0.2, 0.25) is 0 Å². The summed E-state index contributed by atoms with van der Waals surface area (Å²) < 4.78 is 10.3. The van der Waals surface area contributed by atoms with Crippen molar-refractivity contribution < 1.29 is 19.1 Å². The Bertz CT molecular complexity index is 461. The molecule has 1 atom stereocenters. The maximum atomic E-state index is 12.2. The van der Waals surface area contributed by atoms with Crippen LogP contribution < -0.4 is 5.32 Å². The van der Waals surface area contributed by atoms with Gasteiger partial charge in [-0.15, -0.1) is 0 Å². The second-order valence-electron chi connectivity index (χ2n) is 5.40. The molecule has 0 radical (unpaired) electrons. The molecule has 5 heteroatoms. The number of carbonyl (C=O) groups excluding carboxylic acids is 2. The molecule has 0 aliphatic heterocycles. The zero-order valence-corrected chi connectivity index (χ0v) is 14.0. The lowest BCUT2D eigenvalue weighted by atomic mass is 10.1. The van der Waals surface area contributed by atoms with Gasteiger partial charge in [0, 0.05) is 6.42 Å². The number of ether oxygens (including phenoxy) is 2. The van der Waals surface area contributed by atoms with Gasteiger partial charge in [0.25, 0.3) is 0 Å². The highest BCUT2D eigenvalue weighted by molar-refractivity contribution is 5.81. The standard InChI is InChI=1S/C18H27NO4/c1-3-5-12-22-17(20)16(14-15-10-8-7-9-11-15)19-18(21)23-13-6-4-2/h7-11,16H,3-6,12-14H2,1-2H3,(H,19,21). The van der Waals surface area contributed by atoms with E-state index in [1.807, 2.05) is 44.2 Å². The Balaban J connectivity index is 2.60. The lowest BCUT2D eigenvalue weighted by Crippen LogP contribution is -2.43. The van der Waals surface area contributed by atoms with Crippen molar-refractivity contribution in [2.24, 2.45) is 0 Å². The summed E-state index contributed by atoms with van der Waals surface area (Å²) in [4.78, 5) is 24.0. The van der Waals surface area contributed by atoms with E-state index < -0.39 is 18.1 Å². The molecule has 1 N–H and O–H groups in total. The molecule has 1 unspecified atom stereocenters. The van der Waals surface area contributed by atoms with Crippen LogP contribution in [0.15, 0.2) is 30.3 Å². The van der Waals surface area contributed by atoms with E-state index in [4.69, 9.17) is 9.47 Å². The SMILES string of the molecule is CCCCOC(=O)NC(Cc1ccccc1)C(=O)OCCCC. The highest BCUT2D eigenvalue weighted by atomic mass is 16.6. The van der Waals surface area contributed by atoms with E-state index in [0.717, 1.165) is 31.2 Å². The molecule has 0 saturated heterocycles. The molecule has 5 nitrogen and oxygen atoms in total. The molecule has 0 saturated carbocycles. The summed E-state index contributed by atoms with van der Waals surface area (Å²) in [6.07, 6.45) is 3.31. The highest BCUT2D eigenvalue weighted by Crippen LogP contribution is 2.06. The van der Waals surface area contributed by atoms with Crippen molar-refractivity contribution in [3.63, 3.8) is 0 Å². The fourth-order valence-corrected chi connectivity index (χ4v) is 1.95. The average Bonchev–Trinajstić information content (AvgIpc) is 2.55. The third-order valence-corrected chi connectivity index (χ3v) is 3.33. The second-order valence-corrected chi connectivity index (χ2v) is 5.40. The number of nitrogens with one attached hydrogen (secondary N) is 1. The number of esters is 1. The van der Waals surface area contributed by atoms with Crippen LogP contribution >= 0.6 is 0 Å². The van der Waals surface area contributed by atoms with Gasteiger partial charge >= 0.3 is 12.1 Å². The number of carbonyl (C=O) groups is 2. The van der Waals surface area contributed by atoms with Crippen LogP contribution in [0, 0.1) is 0 Å². The summed E-state index contributed by atoms with van der Waals surface area (Å²) in [5.74, 6) is -0.422. The molecule has 0 bridgehead atoms. The molecule has 0 aliphatic carbocycles. The van der Waals surface area contributed by atoms with Crippen LogP contribution in [0.3, 0.4) is 0 Å². The van der Waals surface area contributed by atoms with E-state index in [0.29, 0.717) is 19.6 Å². The van der Waals surface area contributed by atoms with Gasteiger partial charge in [0.15, 0.2) is 0 Å². The van der Waals surface area contributed by atoms with E-state index in [1.54, 1.807) is 0 Å². The summed E-state index contributed by atoms with van der Waals surface area (Å²) in [6.45, 7) is 4.77. The van der Waals surface area contributed by atoms with Crippen molar-refractivity contribution in [2.45, 2.75) is 52.0 Å². The van der Waals surface area contributed by atoms with E-state index in [-0.39, 0.29) is 0 Å². The topological polar surface area (TPSA) is 64.6 Å². The maximum Gasteiger partial charge on any atom is 0.407 e. The van der Waals surface area contributed by atoms with E-state index in [1.165, 1.54) is 0 Å². The Kier molecular flexibility index (Phi) is 9.52. The first-order valence-electron chi connectivity index (χ1n) is 8.31. The van der Waals surface area contributed by atoms with E-state index in [9.17, 15) is 9.59 Å². The van der Waals surface area contributed by atoms with Crippen molar-refractivity contribution in [3.05, 3.63) is 35.9 Å². The normalized spacial score (nSPS) is 11.6. The molecular weight excluding hydrogens is 294 g/mol. The number of amides is 1. The smallest absolute Gasteiger partial charge is 0.407 e. The molecule has 23 heavy (non-hydrogen) atoms. The van der Waals surface area contributed by atoms with Gasteiger partial charge < -0.3 is 14.8 Å². The quantitative estimate of drug-likeness (QED) is 0.529. The molecule has 1 aromatic rings. The summed E-state index contributed by atoms with van der Waals surface area (Å²) in [6, 6.07) is 8.79. The first-order chi connectivity index (χ1) is 11.2. The zero-order valence-electron chi connectivity index (χ0n) is 14.0. The third-order valence-electron chi connectivity index (χ3n) is 3.33. The monoisotopic (exact) mass is 321 g/mol. The summed E-state index contributed by atoms with van der Waals surface area (Å²) in [5.41, 5.74) is 0.957. The number of hydrogen-bond donors (Lipinski definition) is 1. The van der Waals surface area contributed by atoms with Gasteiger partial charge in [-0.1, -0.05) is 57.0 Å². The summed E-state index contributed by atoms with van der Waals surface area (Å²) in [5, 5.41) is 2.62. The molecule has 0 spiro atoms. The Labute approximate surface area is 138 Å². The van der Waals surface area contributed by atoms with Gasteiger partial charge in [0.2, 0.25) is 0 Å². The molecule has 0 fully saturated rings. The fourth-order valence-electron chi connectivity index (χ4n) is 1.95. The molecule has 0 aliphatic rings. The van der Waals surface area contributed by atoms with Gasteiger partial charge in [-0.05, 0) is 18.4 Å². The first kappa shape index (κ1) is 19.0. The minimum Gasteiger partial charge on any atom is -0.464 e. The van der Waals surface area contributed by atoms with Gasteiger partial charge in [-0.2, -0.15) is 0 Å². The Hall–Kier alpha value is -2.04. The van der Waals surface area contributed by atoms with Crippen LogP contribution in [0.1, 0.15) is 45.1 Å². The number of alkyl carbamates (subject to hydrolysis) is 1. The number of unbranched alkanes of at least 4 members (excludes halogenated alkanes) is 2. The van der Waals surface area contributed by atoms with Crippen LogP contribution in [-0.2, 0) is 20.7 Å². The van der Waals surface area contributed by atoms with Crippen LogP contribution in [0.25, 0.3) is 0 Å². The predicted molar refractivity (Wildman–Crippen MR) is 89.2 cm³/mol. The lowest BCUT2D eigenvalue weighted by Gasteiger charge is -2.17. The van der Waals surface area contributed by atoms with Gasteiger partial charge in [-0.3, -0.25) is 0 Å². The average molecular weight is 321 g/mol. The third kappa shape index (κ3) is 8.24. The van der Waals surface area contributed by atoms with Crippen molar-refractivity contribution in [3.8, 4) is 0 Å². The van der Waals surface area contributed by atoms with Crippen molar-refractivity contribution in [1.82, 2.24) is 5.32 Å². The minimum atomic E-state index is -0.733. The predicted octanol–water partition coefficient (Wildman–Crippen LogP) is 3.47. The summed E-state index contributed by atoms with van der Waals surface area (Å²) >= 11 is 0. The maximum absolute atomic E-state index is 12.2. The Morgan fingerprint density at radius 3 is 2.22 bits per heavy atom. The van der Waals surface area contributed by atoms with E-state index in [2.05, 4.69) is 5.32 Å². The number of benzene rings is 1.